The first-order valence-corrected chi connectivity index (χ1v) is 7.82. The molecule has 0 bridgehead atoms. The van der Waals surface area contributed by atoms with Crippen LogP contribution in [0.15, 0.2) is 35.7 Å². The van der Waals surface area contributed by atoms with Crippen molar-refractivity contribution in [2.75, 3.05) is 13.7 Å². The number of methoxy groups -OCH3 is 1. The molecule has 2 N–H and O–H groups in total. The highest BCUT2D eigenvalue weighted by atomic mass is 32.2. The number of nitrogens with two attached hydrogens (primary N) is 1. The zero-order valence-corrected chi connectivity index (χ0v) is 13.0. The lowest BCUT2D eigenvalue weighted by Crippen LogP contribution is -2.37. The SMILES string of the molecule is C=CCN(C(C)C)S(=O)(=O)c1ccc(CN)cc1OC. The van der Waals surface area contributed by atoms with Gasteiger partial charge in [0.05, 0.1) is 7.11 Å². The minimum absolute atomic E-state index is 0.146. The van der Waals surface area contributed by atoms with Gasteiger partial charge in [0.2, 0.25) is 10.0 Å². The molecule has 0 aliphatic carbocycles. The van der Waals surface area contributed by atoms with Crippen LogP contribution in [0.2, 0.25) is 0 Å². The third-order valence-electron chi connectivity index (χ3n) is 2.94. The molecule has 0 aliphatic rings. The van der Waals surface area contributed by atoms with E-state index in [9.17, 15) is 8.42 Å². The maximum absolute atomic E-state index is 12.7. The molecule has 0 saturated carbocycles. The maximum Gasteiger partial charge on any atom is 0.247 e. The van der Waals surface area contributed by atoms with Crippen LogP contribution in [-0.2, 0) is 16.6 Å². The molecule has 0 unspecified atom stereocenters. The van der Waals surface area contributed by atoms with Gasteiger partial charge in [-0.1, -0.05) is 12.1 Å². The minimum Gasteiger partial charge on any atom is -0.495 e. The lowest BCUT2D eigenvalue weighted by molar-refractivity contribution is 0.372. The van der Waals surface area contributed by atoms with Gasteiger partial charge in [-0.15, -0.1) is 6.58 Å². The first-order chi connectivity index (χ1) is 9.38. The summed E-state index contributed by atoms with van der Waals surface area (Å²) < 4.78 is 32.0. The molecule has 0 heterocycles. The van der Waals surface area contributed by atoms with Gasteiger partial charge in [0.25, 0.3) is 0 Å². The van der Waals surface area contributed by atoms with E-state index >= 15 is 0 Å². The molecule has 0 aromatic heterocycles. The van der Waals surface area contributed by atoms with Crippen molar-refractivity contribution in [2.24, 2.45) is 5.73 Å². The van der Waals surface area contributed by atoms with Crippen LogP contribution >= 0.6 is 0 Å². The lowest BCUT2D eigenvalue weighted by atomic mass is 10.2. The van der Waals surface area contributed by atoms with Gasteiger partial charge in [-0.05, 0) is 31.5 Å². The second kappa shape index (κ2) is 6.88. The molecule has 0 spiro atoms. The van der Waals surface area contributed by atoms with Crippen molar-refractivity contribution in [3.8, 4) is 5.75 Å². The minimum atomic E-state index is -3.63. The molecule has 6 heteroatoms. The molecular formula is C14H22N2O3S. The maximum atomic E-state index is 12.7. The zero-order chi connectivity index (χ0) is 15.3. The highest BCUT2D eigenvalue weighted by Gasteiger charge is 2.28. The summed E-state index contributed by atoms with van der Waals surface area (Å²) in [6.45, 7) is 7.83. The molecule has 1 aromatic carbocycles. The number of rotatable bonds is 7. The third kappa shape index (κ3) is 3.39. The van der Waals surface area contributed by atoms with Crippen molar-refractivity contribution in [3.05, 3.63) is 36.4 Å². The van der Waals surface area contributed by atoms with Gasteiger partial charge in [0.15, 0.2) is 0 Å². The number of hydrogen-bond donors (Lipinski definition) is 1. The Morgan fingerprint density at radius 3 is 2.55 bits per heavy atom. The largest absolute Gasteiger partial charge is 0.495 e. The van der Waals surface area contributed by atoms with Crippen molar-refractivity contribution < 1.29 is 13.2 Å². The smallest absolute Gasteiger partial charge is 0.247 e. The number of sulfonamides is 1. The average Bonchev–Trinajstić information content (AvgIpc) is 2.43. The van der Waals surface area contributed by atoms with Crippen LogP contribution in [-0.4, -0.2) is 32.4 Å². The van der Waals surface area contributed by atoms with Crippen LogP contribution in [0.1, 0.15) is 19.4 Å². The predicted octanol–water partition coefficient (Wildman–Crippen LogP) is 1.74. The Kier molecular flexibility index (Phi) is 5.74. The number of nitrogens with zero attached hydrogens (tertiary/aromatic N) is 1. The van der Waals surface area contributed by atoms with Gasteiger partial charge in [-0.2, -0.15) is 4.31 Å². The van der Waals surface area contributed by atoms with Crippen LogP contribution < -0.4 is 10.5 Å². The van der Waals surface area contributed by atoms with Gasteiger partial charge in [-0.25, -0.2) is 8.42 Å². The Hall–Kier alpha value is -1.37. The van der Waals surface area contributed by atoms with Crippen LogP contribution in [0.25, 0.3) is 0 Å². The molecular weight excluding hydrogens is 276 g/mol. The van der Waals surface area contributed by atoms with Crippen molar-refractivity contribution in [2.45, 2.75) is 31.3 Å². The molecule has 20 heavy (non-hydrogen) atoms. The monoisotopic (exact) mass is 298 g/mol. The summed E-state index contributed by atoms with van der Waals surface area (Å²) in [6, 6.07) is 4.72. The Morgan fingerprint density at radius 1 is 1.45 bits per heavy atom. The Bertz CT molecular complexity index is 568. The topological polar surface area (TPSA) is 72.6 Å². The van der Waals surface area contributed by atoms with Gasteiger partial charge < -0.3 is 10.5 Å². The summed E-state index contributed by atoms with van der Waals surface area (Å²) in [4.78, 5) is 0.146. The van der Waals surface area contributed by atoms with Crippen LogP contribution in [0.3, 0.4) is 0 Å². The fourth-order valence-corrected chi connectivity index (χ4v) is 3.64. The van der Waals surface area contributed by atoms with Crippen molar-refractivity contribution in [1.29, 1.82) is 0 Å². The molecule has 1 rings (SSSR count). The fraction of sp³-hybridized carbons (Fsp3) is 0.429. The molecule has 1 aromatic rings. The second-order valence-electron chi connectivity index (χ2n) is 4.65. The first-order valence-electron chi connectivity index (χ1n) is 6.38. The highest BCUT2D eigenvalue weighted by Crippen LogP contribution is 2.28. The van der Waals surface area contributed by atoms with E-state index in [0.29, 0.717) is 12.3 Å². The standard InChI is InChI=1S/C14H22N2O3S/c1-5-8-16(11(2)3)20(17,18)14-7-6-12(10-15)9-13(14)19-4/h5-7,9,11H,1,8,10,15H2,2-4H3. The zero-order valence-electron chi connectivity index (χ0n) is 12.2. The summed E-state index contributed by atoms with van der Waals surface area (Å²) in [5, 5.41) is 0. The van der Waals surface area contributed by atoms with Gasteiger partial charge in [0.1, 0.15) is 10.6 Å². The van der Waals surface area contributed by atoms with E-state index in [-0.39, 0.29) is 17.5 Å². The molecule has 0 saturated heterocycles. The average molecular weight is 298 g/mol. The van der Waals surface area contributed by atoms with E-state index in [0.717, 1.165) is 5.56 Å². The number of hydrogen-bond acceptors (Lipinski definition) is 4. The molecule has 0 aliphatic heterocycles. The summed E-state index contributed by atoms with van der Waals surface area (Å²) in [5.41, 5.74) is 6.38. The van der Waals surface area contributed by atoms with E-state index in [1.54, 1.807) is 18.2 Å². The molecule has 0 amide bonds. The van der Waals surface area contributed by atoms with Crippen molar-refractivity contribution in [3.63, 3.8) is 0 Å². The summed E-state index contributed by atoms with van der Waals surface area (Å²) in [6.07, 6.45) is 1.57. The molecule has 0 radical (unpaired) electrons. The molecule has 5 nitrogen and oxygen atoms in total. The van der Waals surface area contributed by atoms with Crippen LogP contribution in [0.5, 0.6) is 5.75 Å². The van der Waals surface area contributed by atoms with Crippen LogP contribution in [0.4, 0.5) is 0 Å². The van der Waals surface area contributed by atoms with E-state index in [2.05, 4.69) is 6.58 Å². The van der Waals surface area contributed by atoms with E-state index in [4.69, 9.17) is 10.5 Å². The van der Waals surface area contributed by atoms with Crippen molar-refractivity contribution >= 4 is 10.0 Å². The fourth-order valence-electron chi connectivity index (χ4n) is 1.89. The first kappa shape index (κ1) is 16.7. The molecule has 0 atom stereocenters. The van der Waals surface area contributed by atoms with Gasteiger partial charge in [0, 0.05) is 19.1 Å². The molecule has 112 valence electrons. The lowest BCUT2D eigenvalue weighted by Gasteiger charge is -2.25. The van der Waals surface area contributed by atoms with E-state index in [1.807, 2.05) is 13.8 Å². The summed E-state index contributed by atoms with van der Waals surface area (Å²) in [7, 11) is -2.19. The normalized spacial score (nSPS) is 11.9. The Labute approximate surface area is 121 Å². The highest BCUT2D eigenvalue weighted by molar-refractivity contribution is 7.89. The van der Waals surface area contributed by atoms with Gasteiger partial charge >= 0.3 is 0 Å². The quantitative estimate of drug-likeness (QED) is 0.778. The van der Waals surface area contributed by atoms with Gasteiger partial charge in [-0.3, -0.25) is 0 Å². The molecule has 0 fully saturated rings. The summed E-state index contributed by atoms with van der Waals surface area (Å²) in [5.74, 6) is 0.308. The number of ether oxygens (including phenoxy) is 1. The predicted molar refractivity (Wildman–Crippen MR) is 80.1 cm³/mol. The Balaban J connectivity index is 3.36. The number of benzene rings is 1. The Morgan fingerprint density at radius 2 is 2.10 bits per heavy atom. The summed E-state index contributed by atoms with van der Waals surface area (Å²) >= 11 is 0. The van der Waals surface area contributed by atoms with Crippen LogP contribution in [0, 0.1) is 0 Å². The van der Waals surface area contributed by atoms with Crippen molar-refractivity contribution in [1.82, 2.24) is 4.31 Å². The van der Waals surface area contributed by atoms with E-state index < -0.39 is 10.0 Å². The van der Waals surface area contributed by atoms with E-state index in [1.165, 1.54) is 17.5 Å². The second-order valence-corrected chi connectivity index (χ2v) is 6.51. The third-order valence-corrected chi connectivity index (χ3v) is 5.02.